The van der Waals surface area contributed by atoms with E-state index in [1.807, 2.05) is 0 Å². The highest BCUT2D eigenvalue weighted by Gasteiger charge is 2.05. The molecule has 0 aliphatic heterocycles. The molecule has 0 saturated carbocycles. The van der Waals surface area contributed by atoms with Gasteiger partial charge in [0.1, 0.15) is 0 Å². The fraction of sp³-hybridized carbons (Fsp3) is 1.00. The van der Waals surface area contributed by atoms with Gasteiger partial charge in [-0.15, -0.1) is 0 Å². The van der Waals surface area contributed by atoms with Gasteiger partial charge in [0.2, 0.25) is 0 Å². The van der Waals surface area contributed by atoms with E-state index in [2.05, 4.69) is 15.9 Å². The summed E-state index contributed by atoms with van der Waals surface area (Å²) in [5.41, 5.74) is 0. The summed E-state index contributed by atoms with van der Waals surface area (Å²) in [5.74, 6) is 0. The Balaban J connectivity index is 3.26. The molecule has 5 heteroatoms. The van der Waals surface area contributed by atoms with Gasteiger partial charge in [-0.2, -0.15) is 0 Å². The van der Waals surface area contributed by atoms with Crippen LogP contribution in [0, 0.1) is 10.1 Å². The summed E-state index contributed by atoms with van der Waals surface area (Å²) in [6, 6.07) is 0. The molecule has 0 heterocycles. The first kappa shape index (κ1) is 6.17. The second-order valence-corrected chi connectivity index (χ2v) is 2.37. The van der Waals surface area contributed by atoms with E-state index in [1.54, 1.807) is 0 Å². The van der Waals surface area contributed by atoms with Crippen LogP contribution in [0.5, 0.6) is 0 Å². The van der Waals surface area contributed by atoms with Gasteiger partial charge in [0.05, 0.1) is 4.92 Å². The number of hydrogen-bond donors (Lipinski definition) is 0. The Hall–Kier alpha value is 0.170. The Kier molecular flexibility index (Phi) is 2.43. The Morgan fingerprint density at radius 1 is 2.00 bits per heavy atom. The monoisotopic (exact) mass is 173 g/mol. The maximum absolute atomic E-state index is 9.33. The smallest absolute Gasteiger partial charge is 0.262 e. The van der Waals surface area contributed by atoms with E-state index in [0.717, 1.165) is 0 Å². The molecule has 0 aliphatic rings. The largest absolute Gasteiger partial charge is 0.339 e. The SMILES string of the molecule is O=[N+]([O-])[C@H](Cl)Br. The molecule has 0 fully saturated rings. The number of hydrogen-bond acceptors (Lipinski definition) is 2. The first-order valence-corrected chi connectivity index (χ1v) is 2.41. The second kappa shape index (κ2) is 2.36. The van der Waals surface area contributed by atoms with E-state index >= 15 is 0 Å². The first-order valence-electron chi connectivity index (χ1n) is 1.06. The van der Waals surface area contributed by atoms with Crippen LogP contribution in [0.3, 0.4) is 0 Å². The van der Waals surface area contributed by atoms with E-state index in [9.17, 15) is 10.1 Å². The third-order valence-electron chi connectivity index (χ3n) is 0.159. The molecule has 0 amide bonds. The van der Waals surface area contributed by atoms with Crippen LogP contribution < -0.4 is 0 Å². The highest BCUT2D eigenvalue weighted by atomic mass is 79.9. The number of halogens is 2. The van der Waals surface area contributed by atoms with Gasteiger partial charge >= 0.3 is 4.41 Å². The van der Waals surface area contributed by atoms with Gasteiger partial charge in [-0.25, -0.2) is 0 Å². The van der Waals surface area contributed by atoms with Crippen molar-refractivity contribution >= 4 is 27.5 Å². The van der Waals surface area contributed by atoms with Crippen LogP contribution in [0.4, 0.5) is 0 Å². The van der Waals surface area contributed by atoms with E-state index in [0.29, 0.717) is 0 Å². The van der Waals surface area contributed by atoms with Crippen molar-refractivity contribution in [3.05, 3.63) is 10.1 Å². The molecule has 6 heavy (non-hydrogen) atoms. The average Bonchev–Trinajstić information content (AvgIpc) is 1.36. The number of nitro groups is 1. The molecule has 1 atom stereocenters. The molecule has 0 bridgehead atoms. The first-order chi connectivity index (χ1) is 2.64. The van der Waals surface area contributed by atoms with Gasteiger partial charge in [0.25, 0.3) is 0 Å². The second-order valence-electron chi connectivity index (χ2n) is 0.563. The molecule has 0 N–H and O–H groups in total. The highest BCUT2D eigenvalue weighted by Crippen LogP contribution is 2.02. The Morgan fingerprint density at radius 2 is 2.17 bits per heavy atom. The van der Waals surface area contributed by atoms with Crippen LogP contribution in [0.25, 0.3) is 0 Å². The van der Waals surface area contributed by atoms with Crippen molar-refractivity contribution in [1.29, 1.82) is 0 Å². The fourth-order valence-corrected chi connectivity index (χ4v) is 0. The van der Waals surface area contributed by atoms with Gasteiger partial charge in [0.15, 0.2) is 0 Å². The van der Waals surface area contributed by atoms with Crippen molar-refractivity contribution in [3.8, 4) is 0 Å². The summed E-state index contributed by atoms with van der Waals surface area (Å²) in [4.78, 5) is 8.67. The lowest BCUT2D eigenvalue weighted by Gasteiger charge is -1.83. The zero-order valence-corrected chi connectivity index (χ0v) is 4.94. The molecule has 0 aromatic carbocycles. The average molecular weight is 174 g/mol. The third kappa shape index (κ3) is 2.41. The fourth-order valence-electron chi connectivity index (χ4n) is 0. The maximum Gasteiger partial charge on any atom is 0.339 e. The molecule has 0 spiro atoms. The molecule has 0 radical (unpaired) electrons. The van der Waals surface area contributed by atoms with Crippen LogP contribution in [-0.2, 0) is 0 Å². The minimum Gasteiger partial charge on any atom is -0.262 e. The molecular formula is CHBrClNO2. The van der Waals surface area contributed by atoms with Crippen LogP contribution in [0.2, 0.25) is 0 Å². The van der Waals surface area contributed by atoms with Crippen molar-refractivity contribution < 1.29 is 4.92 Å². The topological polar surface area (TPSA) is 43.1 Å². The number of rotatable bonds is 1. The lowest BCUT2D eigenvalue weighted by atomic mass is 11.5. The lowest BCUT2D eigenvalue weighted by Crippen LogP contribution is -2.00. The zero-order valence-electron chi connectivity index (χ0n) is 2.60. The summed E-state index contributed by atoms with van der Waals surface area (Å²) in [6.07, 6.45) is 0. The molecule has 3 nitrogen and oxygen atoms in total. The molecular weight excluding hydrogens is 173 g/mol. The van der Waals surface area contributed by atoms with Crippen molar-refractivity contribution in [2.45, 2.75) is 4.41 Å². The van der Waals surface area contributed by atoms with Crippen molar-refractivity contribution in [2.24, 2.45) is 0 Å². The van der Waals surface area contributed by atoms with E-state index in [-0.39, 0.29) is 0 Å². The molecule has 0 aliphatic carbocycles. The van der Waals surface area contributed by atoms with Crippen molar-refractivity contribution in [3.63, 3.8) is 0 Å². The summed E-state index contributed by atoms with van der Waals surface area (Å²) in [5, 5.41) is 9.33. The molecule has 0 unspecified atom stereocenters. The van der Waals surface area contributed by atoms with Gasteiger partial charge in [-0.3, -0.25) is 10.1 Å². The summed E-state index contributed by atoms with van der Waals surface area (Å²) >= 11 is 7.34. The van der Waals surface area contributed by atoms with Gasteiger partial charge in [-0.1, -0.05) is 0 Å². The summed E-state index contributed by atoms with van der Waals surface area (Å²) < 4.78 is -1.14. The molecule has 0 saturated heterocycles. The van der Waals surface area contributed by atoms with Crippen LogP contribution in [-0.4, -0.2) is 9.33 Å². The molecule has 0 aromatic rings. The third-order valence-corrected chi connectivity index (χ3v) is 0.653. The van der Waals surface area contributed by atoms with E-state index in [1.165, 1.54) is 0 Å². The normalized spacial score (nSPS) is 13.7. The highest BCUT2D eigenvalue weighted by molar-refractivity contribution is 9.10. The number of nitrogens with zero attached hydrogens (tertiary/aromatic N) is 1. The van der Waals surface area contributed by atoms with Crippen LogP contribution in [0.15, 0.2) is 0 Å². The van der Waals surface area contributed by atoms with Crippen LogP contribution >= 0.6 is 27.5 Å². The number of alkyl halides is 2. The van der Waals surface area contributed by atoms with Gasteiger partial charge in [0, 0.05) is 15.9 Å². The predicted molar refractivity (Wildman–Crippen MR) is 25.6 cm³/mol. The van der Waals surface area contributed by atoms with Crippen LogP contribution in [0.1, 0.15) is 0 Å². The Morgan fingerprint density at radius 3 is 2.17 bits per heavy atom. The predicted octanol–water partition coefficient (Wildman–Crippen LogP) is 1.18. The lowest BCUT2D eigenvalue weighted by molar-refractivity contribution is -0.470. The maximum atomic E-state index is 9.33. The zero-order chi connectivity index (χ0) is 5.15. The minimum atomic E-state index is -1.14. The van der Waals surface area contributed by atoms with Gasteiger partial charge in [-0.05, 0) is 11.6 Å². The Labute approximate surface area is 47.6 Å². The summed E-state index contributed by atoms with van der Waals surface area (Å²) in [6.45, 7) is 0. The van der Waals surface area contributed by atoms with Crippen molar-refractivity contribution in [2.75, 3.05) is 0 Å². The standard InChI is InChI=1S/CHBrClNO2/c2-1(3)4(5)6/h1H/t1-/m0/s1. The molecule has 36 valence electrons. The van der Waals surface area contributed by atoms with Crippen molar-refractivity contribution in [1.82, 2.24) is 0 Å². The minimum absolute atomic E-state index is 0.651. The van der Waals surface area contributed by atoms with Gasteiger partial charge < -0.3 is 0 Å². The molecule has 0 aromatic heterocycles. The van der Waals surface area contributed by atoms with E-state index in [4.69, 9.17) is 11.6 Å². The summed E-state index contributed by atoms with van der Waals surface area (Å²) in [7, 11) is 0. The molecule has 0 rings (SSSR count). The van der Waals surface area contributed by atoms with E-state index < -0.39 is 9.33 Å². The quantitative estimate of drug-likeness (QED) is 0.259. The Bertz CT molecular complexity index is 64.6.